The van der Waals surface area contributed by atoms with Crippen molar-refractivity contribution in [3.05, 3.63) is 27.2 Å². The number of benzene rings is 1. The van der Waals surface area contributed by atoms with Gasteiger partial charge in [-0.2, -0.15) is 0 Å². The van der Waals surface area contributed by atoms with E-state index in [4.69, 9.17) is 39.5 Å². The quantitative estimate of drug-likeness (QED) is 0.910. The molecule has 0 unspecified atom stereocenters. The molecule has 2 nitrogen and oxygen atoms in total. The zero-order valence-electron chi connectivity index (χ0n) is 8.77. The lowest BCUT2D eigenvalue weighted by atomic mass is 9.89. The molecule has 0 spiro atoms. The van der Waals surface area contributed by atoms with Crippen molar-refractivity contribution >= 4 is 34.8 Å². The van der Waals surface area contributed by atoms with Crippen LogP contribution in [0.15, 0.2) is 12.1 Å². The summed E-state index contributed by atoms with van der Waals surface area (Å²) in [6, 6.07) is 3.81. The summed E-state index contributed by atoms with van der Waals surface area (Å²) in [6.07, 6.45) is 2.14. The van der Waals surface area contributed by atoms with E-state index in [0.717, 1.165) is 12.8 Å². The Morgan fingerprint density at radius 1 is 1.19 bits per heavy atom. The number of rotatable bonds is 3. The molecule has 0 saturated heterocycles. The molecule has 0 atom stereocenters. The van der Waals surface area contributed by atoms with Crippen LogP contribution in [0.5, 0.6) is 5.75 Å². The molecule has 88 valence electrons. The van der Waals surface area contributed by atoms with Crippen molar-refractivity contribution in [1.29, 1.82) is 0 Å². The van der Waals surface area contributed by atoms with Gasteiger partial charge in [-0.05, 0) is 32.0 Å². The van der Waals surface area contributed by atoms with Crippen molar-refractivity contribution < 1.29 is 4.74 Å². The molecule has 0 heterocycles. The van der Waals surface area contributed by atoms with Crippen LogP contribution in [0.2, 0.25) is 15.1 Å². The van der Waals surface area contributed by atoms with Gasteiger partial charge in [-0.25, -0.2) is 0 Å². The summed E-state index contributed by atoms with van der Waals surface area (Å²) in [6.45, 7) is 0. The summed E-state index contributed by atoms with van der Waals surface area (Å²) in [5.41, 5.74) is 0. The summed E-state index contributed by atoms with van der Waals surface area (Å²) in [5.74, 6) is 0.535. The fourth-order valence-corrected chi connectivity index (χ4v) is 2.61. The number of hydrogen-bond donors (Lipinski definition) is 1. The predicted molar refractivity (Wildman–Crippen MR) is 68.0 cm³/mol. The van der Waals surface area contributed by atoms with Gasteiger partial charge in [0.2, 0.25) is 0 Å². The molecule has 1 N–H and O–H groups in total. The first-order valence-corrected chi connectivity index (χ1v) is 6.22. The number of halogens is 3. The first-order valence-electron chi connectivity index (χ1n) is 5.08. The fourth-order valence-electron chi connectivity index (χ4n) is 1.71. The predicted octanol–water partition coefficient (Wildman–Crippen LogP) is 3.78. The van der Waals surface area contributed by atoms with Crippen LogP contribution in [0.1, 0.15) is 12.8 Å². The van der Waals surface area contributed by atoms with E-state index in [9.17, 15) is 0 Å². The Balaban J connectivity index is 2.05. The van der Waals surface area contributed by atoms with E-state index in [2.05, 4.69) is 5.32 Å². The van der Waals surface area contributed by atoms with Crippen LogP contribution in [0.25, 0.3) is 0 Å². The molecule has 5 heteroatoms. The van der Waals surface area contributed by atoms with Crippen LogP contribution in [-0.4, -0.2) is 19.2 Å². The Morgan fingerprint density at radius 2 is 1.75 bits per heavy atom. The second-order valence-corrected chi connectivity index (χ2v) is 5.15. The maximum atomic E-state index is 6.02. The molecule has 1 aromatic rings. The summed E-state index contributed by atoms with van der Waals surface area (Å²) in [5, 5.41) is 4.63. The van der Waals surface area contributed by atoms with Gasteiger partial charge in [-0.3, -0.25) is 0 Å². The molecule has 1 fully saturated rings. The summed E-state index contributed by atoms with van der Waals surface area (Å²) in [4.78, 5) is 0. The van der Waals surface area contributed by atoms with Crippen LogP contribution in [0, 0.1) is 0 Å². The van der Waals surface area contributed by atoms with Gasteiger partial charge in [0.25, 0.3) is 0 Å². The average molecular weight is 281 g/mol. The van der Waals surface area contributed by atoms with Crippen LogP contribution >= 0.6 is 34.8 Å². The van der Waals surface area contributed by atoms with Crippen molar-refractivity contribution in [2.24, 2.45) is 0 Å². The summed E-state index contributed by atoms with van der Waals surface area (Å²) in [7, 11) is 1.95. The third-order valence-electron chi connectivity index (χ3n) is 2.75. The molecule has 16 heavy (non-hydrogen) atoms. The minimum Gasteiger partial charge on any atom is -0.487 e. The second kappa shape index (κ2) is 5.01. The highest BCUT2D eigenvalue weighted by Crippen LogP contribution is 2.38. The number of ether oxygens (including phenoxy) is 1. The van der Waals surface area contributed by atoms with Gasteiger partial charge in [0.1, 0.15) is 6.10 Å². The molecule has 1 aliphatic carbocycles. The number of nitrogens with one attached hydrogen (secondary N) is 1. The Kier molecular flexibility index (Phi) is 3.85. The second-order valence-electron chi connectivity index (χ2n) is 3.90. The van der Waals surface area contributed by atoms with E-state index in [-0.39, 0.29) is 6.10 Å². The molecule has 1 aromatic carbocycles. The van der Waals surface area contributed by atoms with Gasteiger partial charge in [-0.1, -0.05) is 34.8 Å². The maximum absolute atomic E-state index is 6.02. The van der Waals surface area contributed by atoms with Crippen molar-refractivity contribution in [1.82, 2.24) is 5.32 Å². The molecule has 0 bridgehead atoms. The van der Waals surface area contributed by atoms with Crippen molar-refractivity contribution in [2.75, 3.05) is 7.05 Å². The van der Waals surface area contributed by atoms with Crippen molar-refractivity contribution in [2.45, 2.75) is 25.0 Å². The van der Waals surface area contributed by atoms with Crippen LogP contribution in [0.4, 0.5) is 0 Å². The fraction of sp³-hybridized carbons (Fsp3) is 0.455. The topological polar surface area (TPSA) is 21.3 Å². The molecular weight excluding hydrogens is 268 g/mol. The Morgan fingerprint density at radius 3 is 2.25 bits per heavy atom. The van der Waals surface area contributed by atoms with Gasteiger partial charge < -0.3 is 10.1 Å². The Bertz CT molecular complexity index is 368. The zero-order chi connectivity index (χ0) is 11.7. The first kappa shape index (κ1) is 12.3. The third kappa shape index (κ3) is 2.57. The molecule has 0 amide bonds. The van der Waals surface area contributed by atoms with Gasteiger partial charge in [0.05, 0.1) is 10.0 Å². The lowest BCUT2D eigenvalue weighted by Gasteiger charge is -2.35. The monoisotopic (exact) mass is 279 g/mol. The molecule has 0 aliphatic heterocycles. The highest BCUT2D eigenvalue weighted by Gasteiger charge is 2.30. The smallest absolute Gasteiger partial charge is 0.156 e. The van der Waals surface area contributed by atoms with Crippen molar-refractivity contribution in [3.63, 3.8) is 0 Å². The standard InChI is InChI=1S/C11H12Cl3NO/c1-15-7-4-8(5-7)16-11-9(13)2-6(12)3-10(11)14/h2-3,7-8,15H,4-5H2,1H3. The van der Waals surface area contributed by atoms with E-state index in [1.165, 1.54) is 0 Å². The van der Waals surface area contributed by atoms with Gasteiger partial charge in [-0.15, -0.1) is 0 Å². The minimum absolute atomic E-state index is 0.189. The minimum atomic E-state index is 0.189. The van der Waals surface area contributed by atoms with Gasteiger partial charge in [0, 0.05) is 11.1 Å². The molecule has 1 aliphatic rings. The van der Waals surface area contributed by atoms with E-state index in [1.54, 1.807) is 12.1 Å². The van der Waals surface area contributed by atoms with Crippen molar-refractivity contribution in [3.8, 4) is 5.75 Å². The SMILES string of the molecule is CNC1CC(Oc2c(Cl)cc(Cl)cc2Cl)C1. The number of hydrogen-bond acceptors (Lipinski definition) is 2. The largest absolute Gasteiger partial charge is 0.487 e. The lowest BCUT2D eigenvalue weighted by molar-refractivity contribution is 0.0887. The third-order valence-corrected chi connectivity index (χ3v) is 3.53. The Labute approximate surface area is 110 Å². The highest BCUT2D eigenvalue weighted by molar-refractivity contribution is 6.40. The molecule has 1 saturated carbocycles. The lowest BCUT2D eigenvalue weighted by Crippen LogP contribution is -2.45. The highest BCUT2D eigenvalue weighted by atomic mass is 35.5. The van der Waals surface area contributed by atoms with E-state index in [1.807, 2.05) is 7.05 Å². The van der Waals surface area contributed by atoms with E-state index < -0.39 is 0 Å². The molecule has 0 radical (unpaired) electrons. The normalized spacial score (nSPS) is 24.0. The molecular formula is C11H12Cl3NO. The first-order chi connectivity index (χ1) is 7.60. The van der Waals surface area contributed by atoms with Crippen LogP contribution < -0.4 is 10.1 Å². The summed E-state index contributed by atoms with van der Waals surface area (Å²) >= 11 is 17.9. The maximum Gasteiger partial charge on any atom is 0.156 e. The zero-order valence-corrected chi connectivity index (χ0v) is 11.0. The van der Waals surface area contributed by atoms with E-state index >= 15 is 0 Å². The van der Waals surface area contributed by atoms with Gasteiger partial charge >= 0.3 is 0 Å². The molecule has 0 aromatic heterocycles. The summed E-state index contributed by atoms with van der Waals surface area (Å²) < 4.78 is 5.74. The average Bonchev–Trinajstić information content (AvgIpc) is 2.13. The van der Waals surface area contributed by atoms with Gasteiger partial charge in [0.15, 0.2) is 5.75 Å². The van der Waals surface area contributed by atoms with Crippen LogP contribution in [-0.2, 0) is 0 Å². The molecule has 2 rings (SSSR count). The Hall–Kier alpha value is -0.150. The van der Waals surface area contributed by atoms with Crippen LogP contribution in [0.3, 0.4) is 0 Å². The van der Waals surface area contributed by atoms with E-state index in [0.29, 0.717) is 26.9 Å².